The number of hydrogen-bond donors (Lipinski definition) is 2. The third-order valence-electron chi connectivity index (χ3n) is 10.8. The summed E-state index contributed by atoms with van der Waals surface area (Å²) in [5.74, 6) is -0.981. The number of aromatic nitrogens is 4. The summed E-state index contributed by atoms with van der Waals surface area (Å²) in [6.45, 7) is 9.12. The van der Waals surface area contributed by atoms with Gasteiger partial charge in [0.15, 0.2) is 5.82 Å². The number of nitrogens with one attached hydrogen (secondary N) is 2. The SMILES string of the molecule is Cc1ccncc1-c1cc2cc(NC(=O)[C@H]3C(C)[C@@H]3c3cn(C(c4ccccc4)(c4ccccc4)c4ccccc4)cn3)ncc2c(NC(=O)OC(C)(C)C)c1F. The number of halogens is 1. The van der Waals surface area contributed by atoms with Crippen molar-refractivity contribution in [3.63, 3.8) is 0 Å². The van der Waals surface area contributed by atoms with Crippen LogP contribution in [0.1, 0.15) is 61.6 Å². The summed E-state index contributed by atoms with van der Waals surface area (Å²) < 4.78 is 23.9. The molecular weight excluding hydrogens is 716 g/mol. The van der Waals surface area contributed by atoms with Gasteiger partial charge in [-0.25, -0.2) is 19.2 Å². The molecule has 3 atom stereocenters. The number of fused-ring (bicyclic) bond motifs is 1. The Bertz CT molecular complexity index is 2490. The molecule has 0 spiro atoms. The van der Waals surface area contributed by atoms with Crippen LogP contribution >= 0.6 is 0 Å². The molecular formula is C47H43FN6O3. The van der Waals surface area contributed by atoms with Crippen LogP contribution in [0.3, 0.4) is 0 Å². The number of carbonyl (C=O) groups is 2. The van der Waals surface area contributed by atoms with E-state index in [4.69, 9.17) is 9.72 Å². The average Bonchev–Trinajstić information content (AvgIpc) is 3.63. The predicted octanol–water partition coefficient (Wildman–Crippen LogP) is 10.1. The number of hydrogen-bond acceptors (Lipinski definition) is 6. The van der Waals surface area contributed by atoms with Gasteiger partial charge in [0, 0.05) is 47.2 Å². The summed E-state index contributed by atoms with van der Waals surface area (Å²) >= 11 is 0. The minimum Gasteiger partial charge on any atom is -0.444 e. The van der Waals surface area contributed by atoms with Crippen LogP contribution in [0.2, 0.25) is 0 Å². The van der Waals surface area contributed by atoms with Crippen LogP contribution in [-0.2, 0) is 15.1 Å². The van der Waals surface area contributed by atoms with Crippen LogP contribution in [0.4, 0.5) is 20.7 Å². The Morgan fingerprint density at radius 1 is 0.789 bits per heavy atom. The van der Waals surface area contributed by atoms with E-state index in [-0.39, 0.29) is 34.9 Å². The molecule has 1 fully saturated rings. The molecule has 4 aromatic carbocycles. The maximum atomic E-state index is 16.3. The minimum atomic E-state index is -0.801. The van der Waals surface area contributed by atoms with Gasteiger partial charge in [-0.3, -0.25) is 15.1 Å². The number of anilines is 2. The summed E-state index contributed by atoms with van der Waals surface area (Å²) in [6, 6.07) is 36.3. The lowest BCUT2D eigenvalue weighted by atomic mass is 9.77. The highest BCUT2D eigenvalue weighted by molar-refractivity contribution is 6.05. The highest BCUT2D eigenvalue weighted by atomic mass is 19.1. The molecule has 1 aliphatic rings. The van der Waals surface area contributed by atoms with E-state index in [2.05, 4.69) is 74.7 Å². The number of nitrogens with zero attached hydrogens (tertiary/aromatic N) is 4. The van der Waals surface area contributed by atoms with Crippen molar-refractivity contribution < 1.29 is 18.7 Å². The fourth-order valence-corrected chi connectivity index (χ4v) is 8.02. The van der Waals surface area contributed by atoms with Gasteiger partial charge in [0.25, 0.3) is 0 Å². The molecule has 10 heteroatoms. The van der Waals surface area contributed by atoms with E-state index in [0.717, 1.165) is 27.9 Å². The molecule has 0 aliphatic heterocycles. The van der Waals surface area contributed by atoms with Crippen molar-refractivity contribution >= 4 is 34.3 Å². The monoisotopic (exact) mass is 758 g/mol. The highest BCUT2D eigenvalue weighted by Crippen LogP contribution is 2.54. The molecule has 1 aliphatic carbocycles. The second-order valence-electron chi connectivity index (χ2n) is 15.6. The predicted molar refractivity (Wildman–Crippen MR) is 220 cm³/mol. The van der Waals surface area contributed by atoms with Gasteiger partial charge in [0.1, 0.15) is 17.0 Å². The Kier molecular flexibility index (Phi) is 9.65. The Morgan fingerprint density at radius 2 is 1.40 bits per heavy atom. The molecule has 0 radical (unpaired) electrons. The standard InChI is InChI=1S/C47H43FN6O3/c1-29-21-22-49-25-36(29)35-23-31-24-39(50-26-37(31)43(42(35)48)53-45(56)57-46(3,4)5)52-44(55)41-30(2)40(41)38-27-54(28-51-38)47(32-15-9-6-10-16-32,33-17-11-7-12-18-33)34-19-13-8-14-20-34/h6-28,30,40-41H,1-5H3,(H,53,56)(H,50,52,55)/t30?,40-,41+/m1/s1. The van der Waals surface area contributed by atoms with Crippen molar-refractivity contribution in [1.82, 2.24) is 19.5 Å². The molecule has 3 aromatic heterocycles. The van der Waals surface area contributed by atoms with Crippen molar-refractivity contribution in [2.24, 2.45) is 11.8 Å². The van der Waals surface area contributed by atoms with Gasteiger partial charge >= 0.3 is 6.09 Å². The second-order valence-corrected chi connectivity index (χ2v) is 15.6. The average molecular weight is 759 g/mol. The number of imidazole rings is 1. The third-order valence-corrected chi connectivity index (χ3v) is 10.8. The molecule has 2 N–H and O–H groups in total. The smallest absolute Gasteiger partial charge is 0.412 e. The van der Waals surface area contributed by atoms with Crippen LogP contribution in [0.15, 0.2) is 140 Å². The number of pyridine rings is 2. The summed E-state index contributed by atoms with van der Waals surface area (Å²) in [6.07, 6.45) is 7.82. The number of rotatable bonds is 9. The molecule has 9 nitrogen and oxygen atoms in total. The van der Waals surface area contributed by atoms with Gasteiger partial charge in [0.05, 0.1) is 23.6 Å². The van der Waals surface area contributed by atoms with Crippen molar-refractivity contribution in [2.75, 3.05) is 10.6 Å². The van der Waals surface area contributed by atoms with E-state index in [1.54, 1.807) is 51.4 Å². The highest BCUT2D eigenvalue weighted by Gasteiger charge is 2.54. The van der Waals surface area contributed by atoms with Crippen LogP contribution in [-0.4, -0.2) is 37.1 Å². The molecule has 1 saturated carbocycles. The zero-order valence-electron chi connectivity index (χ0n) is 32.4. The molecule has 8 rings (SSSR count). The maximum Gasteiger partial charge on any atom is 0.412 e. The van der Waals surface area contributed by atoms with Gasteiger partial charge in [-0.15, -0.1) is 0 Å². The quantitative estimate of drug-likeness (QED) is 0.142. The molecule has 0 bridgehead atoms. The van der Waals surface area contributed by atoms with E-state index in [0.29, 0.717) is 22.2 Å². The van der Waals surface area contributed by atoms with Gasteiger partial charge in [0.2, 0.25) is 5.91 Å². The number of ether oxygens (including phenoxy) is 1. The van der Waals surface area contributed by atoms with E-state index < -0.39 is 23.1 Å². The zero-order valence-corrected chi connectivity index (χ0v) is 32.4. The topological polar surface area (TPSA) is 111 Å². The van der Waals surface area contributed by atoms with Crippen LogP contribution in [0.5, 0.6) is 0 Å². The summed E-state index contributed by atoms with van der Waals surface area (Å²) in [4.78, 5) is 40.5. The number of aryl methyl sites for hydroxylation is 1. The molecule has 286 valence electrons. The Morgan fingerprint density at radius 3 is 1.98 bits per heavy atom. The van der Waals surface area contributed by atoms with E-state index in [1.165, 1.54) is 6.20 Å². The van der Waals surface area contributed by atoms with Gasteiger partial charge in [-0.1, -0.05) is 97.9 Å². The first kappa shape index (κ1) is 37.3. The van der Waals surface area contributed by atoms with Crippen molar-refractivity contribution in [3.8, 4) is 11.1 Å². The molecule has 1 unspecified atom stereocenters. The summed E-state index contributed by atoms with van der Waals surface area (Å²) in [5, 5.41) is 6.53. The van der Waals surface area contributed by atoms with Gasteiger partial charge < -0.3 is 14.6 Å². The number of benzene rings is 4. The van der Waals surface area contributed by atoms with Gasteiger partial charge in [-0.2, -0.15) is 0 Å². The first-order valence-corrected chi connectivity index (χ1v) is 19.0. The van der Waals surface area contributed by atoms with Crippen LogP contribution < -0.4 is 10.6 Å². The van der Waals surface area contributed by atoms with Crippen LogP contribution in [0.25, 0.3) is 21.9 Å². The molecule has 0 saturated heterocycles. The summed E-state index contributed by atoms with van der Waals surface area (Å²) in [7, 11) is 0. The van der Waals surface area contributed by atoms with Crippen LogP contribution in [0, 0.1) is 24.6 Å². The lowest BCUT2D eigenvalue weighted by Crippen LogP contribution is -2.36. The Labute approximate surface area is 331 Å². The third kappa shape index (κ3) is 7.03. The maximum absolute atomic E-state index is 16.3. The molecule has 2 amide bonds. The Hall–Kier alpha value is -6.68. The minimum absolute atomic E-state index is 0.0206. The largest absolute Gasteiger partial charge is 0.444 e. The van der Waals surface area contributed by atoms with E-state index >= 15 is 4.39 Å². The van der Waals surface area contributed by atoms with E-state index in [9.17, 15) is 9.59 Å². The fraction of sp³-hybridized carbons (Fsp3) is 0.213. The fourth-order valence-electron chi connectivity index (χ4n) is 8.02. The Balaban J connectivity index is 1.11. The number of amides is 2. The number of carbonyl (C=O) groups excluding carboxylic acids is 2. The molecule has 3 heterocycles. The molecule has 57 heavy (non-hydrogen) atoms. The second kappa shape index (κ2) is 14.8. The summed E-state index contributed by atoms with van der Waals surface area (Å²) in [5.41, 5.74) is 4.09. The lowest BCUT2D eigenvalue weighted by Gasteiger charge is -2.37. The van der Waals surface area contributed by atoms with Crippen molar-refractivity contribution in [1.29, 1.82) is 0 Å². The molecule has 7 aromatic rings. The lowest BCUT2D eigenvalue weighted by molar-refractivity contribution is -0.117. The van der Waals surface area contributed by atoms with Gasteiger partial charge in [-0.05, 0) is 79.5 Å². The normalized spacial score (nSPS) is 16.6. The first-order chi connectivity index (χ1) is 27.5. The first-order valence-electron chi connectivity index (χ1n) is 19.0. The zero-order chi connectivity index (χ0) is 39.9. The van der Waals surface area contributed by atoms with E-state index in [1.807, 2.05) is 67.8 Å². The van der Waals surface area contributed by atoms with Crippen molar-refractivity contribution in [2.45, 2.75) is 51.7 Å². The van der Waals surface area contributed by atoms with Crippen molar-refractivity contribution in [3.05, 3.63) is 174 Å².